The first kappa shape index (κ1) is 15.7. The van der Waals surface area contributed by atoms with Crippen molar-refractivity contribution in [3.63, 3.8) is 0 Å². The molecule has 2 bridgehead atoms. The van der Waals surface area contributed by atoms with Gasteiger partial charge >= 0.3 is 23.4 Å². The molecule has 3 fully saturated rings. The van der Waals surface area contributed by atoms with E-state index in [4.69, 9.17) is 25.5 Å². The molecule has 0 aliphatic carbocycles. The molecule has 0 saturated carbocycles. The fourth-order valence-corrected chi connectivity index (χ4v) is 3.18. The van der Waals surface area contributed by atoms with E-state index >= 15 is 0 Å². The van der Waals surface area contributed by atoms with Crippen molar-refractivity contribution < 1.29 is 33.3 Å². The van der Waals surface area contributed by atoms with Gasteiger partial charge in [0.1, 0.15) is 6.10 Å². The standard InChI is InChI=1S/C15H17NO7/c1-4-7(2)13(18)20-6-9(17)22-10-8-5-15(16-3)12(21-8)11(10)23-14(15)19/h7-8,10-12H,4-6H2,1-2H3. The molecule has 0 N–H and O–H groups in total. The maximum Gasteiger partial charge on any atom is 0.397 e. The summed E-state index contributed by atoms with van der Waals surface area (Å²) in [5, 5.41) is 0. The van der Waals surface area contributed by atoms with Crippen LogP contribution in [0.5, 0.6) is 0 Å². The second-order valence-electron chi connectivity index (χ2n) is 6.08. The Balaban J connectivity index is 1.57. The molecular formula is C15H17NO7. The summed E-state index contributed by atoms with van der Waals surface area (Å²) in [6.45, 7) is 10.3. The number of hydrogen-bond acceptors (Lipinski definition) is 7. The molecule has 8 nitrogen and oxygen atoms in total. The van der Waals surface area contributed by atoms with Crippen LogP contribution in [0.1, 0.15) is 26.7 Å². The minimum absolute atomic E-state index is 0.154. The van der Waals surface area contributed by atoms with Gasteiger partial charge in [-0.1, -0.05) is 13.8 Å². The van der Waals surface area contributed by atoms with Crippen LogP contribution < -0.4 is 0 Å². The van der Waals surface area contributed by atoms with Crippen molar-refractivity contribution in [3.8, 4) is 0 Å². The Morgan fingerprint density at radius 2 is 2.26 bits per heavy atom. The number of esters is 3. The fourth-order valence-electron chi connectivity index (χ4n) is 3.18. The lowest BCUT2D eigenvalue weighted by molar-refractivity contribution is -0.169. The second-order valence-corrected chi connectivity index (χ2v) is 6.08. The average Bonchev–Trinajstić information content (AvgIpc) is 3.13. The second kappa shape index (κ2) is 5.49. The van der Waals surface area contributed by atoms with Crippen LogP contribution in [0.25, 0.3) is 4.85 Å². The van der Waals surface area contributed by atoms with Crippen molar-refractivity contribution in [2.75, 3.05) is 6.61 Å². The largest absolute Gasteiger partial charge is 0.453 e. The lowest BCUT2D eigenvalue weighted by Crippen LogP contribution is -2.47. The number of hydrogen-bond donors (Lipinski definition) is 0. The molecule has 3 rings (SSSR count). The Morgan fingerprint density at radius 1 is 1.52 bits per heavy atom. The molecule has 124 valence electrons. The zero-order valence-corrected chi connectivity index (χ0v) is 12.8. The normalized spacial score (nSPS) is 37.9. The maximum absolute atomic E-state index is 11.9. The van der Waals surface area contributed by atoms with Crippen LogP contribution in [0.15, 0.2) is 0 Å². The summed E-state index contributed by atoms with van der Waals surface area (Å²) in [5.74, 6) is -2.09. The van der Waals surface area contributed by atoms with Crippen molar-refractivity contribution in [3.05, 3.63) is 11.4 Å². The number of rotatable bonds is 5. The quantitative estimate of drug-likeness (QED) is 0.406. The van der Waals surface area contributed by atoms with Crippen LogP contribution in [0.3, 0.4) is 0 Å². The van der Waals surface area contributed by atoms with Gasteiger partial charge in [-0.2, -0.15) is 0 Å². The van der Waals surface area contributed by atoms with Crippen LogP contribution in [0.2, 0.25) is 0 Å². The highest BCUT2D eigenvalue weighted by Crippen LogP contribution is 2.52. The average molecular weight is 323 g/mol. The van der Waals surface area contributed by atoms with Crippen LogP contribution in [-0.2, 0) is 33.3 Å². The molecule has 3 aliphatic rings. The van der Waals surface area contributed by atoms with Crippen molar-refractivity contribution in [1.29, 1.82) is 0 Å². The first-order chi connectivity index (χ1) is 10.9. The first-order valence-corrected chi connectivity index (χ1v) is 7.54. The monoisotopic (exact) mass is 323 g/mol. The molecule has 3 saturated heterocycles. The van der Waals surface area contributed by atoms with E-state index in [0.717, 1.165) is 0 Å². The van der Waals surface area contributed by atoms with Crippen LogP contribution in [0, 0.1) is 12.5 Å². The van der Waals surface area contributed by atoms with Gasteiger partial charge in [-0.3, -0.25) is 9.64 Å². The molecule has 3 heterocycles. The molecule has 0 aromatic heterocycles. The molecule has 6 atom stereocenters. The highest BCUT2D eigenvalue weighted by Gasteiger charge is 2.79. The Bertz CT molecular complexity index is 597. The molecule has 23 heavy (non-hydrogen) atoms. The predicted octanol–water partition coefficient (Wildman–Crippen LogP) is 0.242. The minimum Gasteiger partial charge on any atom is -0.453 e. The van der Waals surface area contributed by atoms with E-state index in [-0.39, 0.29) is 12.3 Å². The molecule has 0 amide bonds. The zero-order valence-electron chi connectivity index (χ0n) is 12.8. The Hall–Kier alpha value is -2.14. The highest BCUT2D eigenvalue weighted by atomic mass is 16.7. The zero-order chi connectivity index (χ0) is 16.8. The van der Waals surface area contributed by atoms with Crippen molar-refractivity contribution in [1.82, 2.24) is 0 Å². The minimum atomic E-state index is -1.29. The third-order valence-corrected chi connectivity index (χ3v) is 4.70. The van der Waals surface area contributed by atoms with E-state index in [1.807, 2.05) is 6.92 Å². The summed E-state index contributed by atoms with van der Waals surface area (Å²) in [6.07, 6.45) is -1.98. The Morgan fingerprint density at radius 3 is 2.91 bits per heavy atom. The molecule has 0 aromatic carbocycles. The van der Waals surface area contributed by atoms with Gasteiger partial charge in [0.25, 0.3) is 0 Å². The van der Waals surface area contributed by atoms with Crippen molar-refractivity contribution in [2.24, 2.45) is 5.92 Å². The van der Waals surface area contributed by atoms with Crippen molar-refractivity contribution >= 4 is 17.9 Å². The van der Waals surface area contributed by atoms with E-state index in [1.54, 1.807) is 6.92 Å². The predicted molar refractivity (Wildman–Crippen MR) is 72.8 cm³/mol. The van der Waals surface area contributed by atoms with Gasteiger partial charge in [0.15, 0.2) is 24.9 Å². The Labute approximate surface area is 132 Å². The molecular weight excluding hydrogens is 306 g/mol. The maximum atomic E-state index is 11.9. The van der Waals surface area contributed by atoms with Crippen molar-refractivity contribution in [2.45, 2.75) is 56.6 Å². The molecule has 0 spiro atoms. The fraction of sp³-hybridized carbons (Fsp3) is 0.733. The molecule has 0 radical (unpaired) electrons. The number of fused-ring (bicyclic) bond motifs is 1. The van der Waals surface area contributed by atoms with Gasteiger partial charge in [0, 0.05) is 0 Å². The van der Waals surface area contributed by atoms with Gasteiger partial charge in [-0.05, 0) is 6.42 Å². The number of carbonyl (C=O) groups excluding carboxylic acids is 3. The summed E-state index contributed by atoms with van der Waals surface area (Å²) >= 11 is 0. The summed E-state index contributed by atoms with van der Waals surface area (Å²) in [6, 6.07) is 0. The van der Waals surface area contributed by atoms with Crippen LogP contribution in [-0.4, -0.2) is 54.5 Å². The highest BCUT2D eigenvalue weighted by molar-refractivity contribution is 5.88. The summed E-state index contributed by atoms with van der Waals surface area (Å²) in [7, 11) is 0. The lowest BCUT2D eigenvalue weighted by Gasteiger charge is -2.22. The lowest BCUT2D eigenvalue weighted by atomic mass is 9.82. The molecule has 0 aromatic rings. The number of nitrogens with zero attached hydrogens (tertiary/aromatic N) is 1. The molecule has 3 aliphatic heterocycles. The van der Waals surface area contributed by atoms with Gasteiger partial charge in [-0.25, -0.2) is 16.2 Å². The van der Waals surface area contributed by atoms with Crippen LogP contribution in [0.4, 0.5) is 0 Å². The Kier molecular flexibility index (Phi) is 3.76. The molecule has 8 heteroatoms. The van der Waals surface area contributed by atoms with E-state index in [9.17, 15) is 14.4 Å². The summed E-state index contributed by atoms with van der Waals surface area (Å²) in [4.78, 5) is 38.6. The number of carbonyl (C=O) groups is 3. The van der Waals surface area contributed by atoms with Gasteiger partial charge < -0.3 is 18.9 Å². The topological polar surface area (TPSA) is 92.5 Å². The number of ether oxygens (including phenoxy) is 4. The van der Waals surface area contributed by atoms with Crippen LogP contribution >= 0.6 is 0 Å². The van der Waals surface area contributed by atoms with Gasteiger partial charge in [0.05, 0.1) is 12.3 Å². The summed E-state index contributed by atoms with van der Waals surface area (Å²) < 4.78 is 20.9. The third kappa shape index (κ3) is 2.27. The first-order valence-electron chi connectivity index (χ1n) is 7.54. The van der Waals surface area contributed by atoms with E-state index in [1.165, 1.54) is 0 Å². The van der Waals surface area contributed by atoms with E-state index in [2.05, 4.69) is 4.85 Å². The van der Waals surface area contributed by atoms with Gasteiger partial charge in [-0.15, -0.1) is 0 Å². The van der Waals surface area contributed by atoms with Gasteiger partial charge in [0.2, 0.25) is 0 Å². The third-order valence-electron chi connectivity index (χ3n) is 4.70. The smallest absolute Gasteiger partial charge is 0.397 e. The van der Waals surface area contributed by atoms with E-state index < -0.39 is 54.5 Å². The van der Waals surface area contributed by atoms with E-state index in [0.29, 0.717) is 6.42 Å². The summed E-state index contributed by atoms with van der Waals surface area (Å²) in [5.41, 5.74) is -1.29. The molecule has 6 unspecified atom stereocenters. The SMILES string of the molecule is [C-]#[N+]C12CC3OC1C(OC2=O)C3OC(=O)COC(=O)C(C)CC.